The molecule has 0 fully saturated rings. The van der Waals surface area contributed by atoms with Crippen molar-refractivity contribution in [2.45, 2.75) is 252 Å². The van der Waals surface area contributed by atoms with E-state index in [2.05, 4.69) is 81.5 Å². The summed E-state index contributed by atoms with van der Waals surface area (Å²) < 4.78 is 16.7. The monoisotopic (exact) mass is 839 g/mol. The van der Waals surface area contributed by atoms with Crippen molar-refractivity contribution in [2.24, 2.45) is 0 Å². The van der Waals surface area contributed by atoms with Crippen molar-refractivity contribution in [2.75, 3.05) is 13.2 Å². The number of rotatable bonds is 45. The fraction of sp³-hybridized carbons (Fsp3) is 0.759. The Morgan fingerprint density at radius 1 is 0.350 bits per heavy atom. The van der Waals surface area contributed by atoms with E-state index in [-0.39, 0.29) is 31.1 Å². The van der Waals surface area contributed by atoms with Gasteiger partial charge < -0.3 is 14.2 Å². The first kappa shape index (κ1) is 57.1. The second-order valence-electron chi connectivity index (χ2n) is 16.7. The number of allylic oxidation sites excluding steroid dienone is 10. The number of hydrogen-bond acceptors (Lipinski definition) is 6. The summed E-state index contributed by atoms with van der Waals surface area (Å²) in [7, 11) is 0. The average molecular weight is 839 g/mol. The Morgan fingerprint density at radius 2 is 0.667 bits per heavy atom. The highest BCUT2D eigenvalue weighted by Crippen LogP contribution is 2.14. The Bertz CT molecular complexity index is 1100. The average Bonchev–Trinajstić information content (AvgIpc) is 3.24. The van der Waals surface area contributed by atoms with Gasteiger partial charge in [-0.05, 0) is 96.3 Å². The molecule has 6 heteroatoms. The maximum absolute atomic E-state index is 12.7. The van der Waals surface area contributed by atoms with Gasteiger partial charge in [0.05, 0.1) is 0 Å². The van der Waals surface area contributed by atoms with Crippen LogP contribution in [-0.2, 0) is 28.6 Å². The summed E-state index contributed by atoms with van der Waals surface area (Å²) in [5.74, 6) is -0.957. The lowest BCUT2D eigenvalue weighted by atomic mass is 10.1. The van der Waals surface area contributed by atoms with Gasteiger partial charge in [0, 0.05) is 19.3 Å². The number of carbonyl (C=O) groups excluding carboxylic acids is 3. The van der Waals surface area contributed by atoms with Crippen molar-refractivity contribution in [3.05, 3.63) is 60.8 Å². The van der Waals surface area contributed by atoms with Crippen LogP contribution in [0.25, 0.3) is 0 Å². The first-order valence-electron chi connectivity index (χ1n) is 25.3. The highest BCUT2D eigenvalue weighted by molar-refractivity contribution is 5.71. The first-order chi connectivity index (χ1) is 29.5. The van der Waals surface area contributed by atoms with Crippen molar-refractivity contribution < 1.29 is 28.6 Å². The lowest BCUT2D eigenvalue weighted by Crippen LogP contribution is -2.30. The molecule has 0 aromatic heterocycles. The molecule has 0 N–H and O–H groups in total. The molecule has 0 amide bonds. The minimum Gasteiger partial charge on any atom is -0.462 e. The summed E-state index contributed by atoms with van der Waals surface area (Å²) in [6.07, 6.45) is 59.3. The van der Waals surface area contributed by atoms with Crippen molar-refractivity contribution in [1.82, 2.24) is 0 Å². The molecule has 60 heavy (non-hydrogen) atoms. The quantitative estimate of drug-likeness (QED) is 0.0263. The summed E-state index contributed by atoms with van der Waals surface area (Å²) in [4.78, 5) is 37.8. The molecule has 0 saturated carbocycles. The Balaban J connectivity index is 4.34. The second kappa shape index (κ2) is 48.8. The van der Waals surface area contributed by atoms with Crippen molar-refractivity contribution in [1.29, 1.82) is 0 Å². The van der Waals surface area contributed by atoms with E-state index in [1.807, 2.05) is 0 Å². The lowest BCUT2D eigenvalue weighted by molar-refractivity contribution is -0.167. The van der Waals surface area contributed by atoms with Crippen LogP contribution in [0.5, 0.6) is 0 Å². The largest absolute Gasteiger partial charge is 0.462 e. The van der Waals surface area contributed by atoms with Crippen LogP contribution in [0.1, 0.15) is 245 Å². The Morgan fingerprint density at radius 3 is 1.12 bits per heavy atom. The molecule has 1 atom stereocenters. The summed E-state index contributed by atoms with van der Waals surface area (Å²) in [5, 5.41) is 0. The number of ether oxygens (including phenoxy) is 3. The van der Waals surface area contributed by atoms with Crippen molar-refractivity contribution in [3.63, 3.8) is 0 Å². The van der Waals surface area contributed by atoms with Gasteiger partial charge in [-0.15, -0.1) is 0 Å². The topological polar surface area (TPSA) is 78.9 Å². The van der Waals surface area contributed by atoms with Crippen LogP contribution < -0.4 is 0 Å². The molecule has 0 aromatic rings. The van der Waals surface area contributed by atoms with Gasteiger partial charge in [0.2, 0.25) is 0 Å². The minimum absolute atomic E-state index is 0.0941. The van der Waals surface area contributed by atoms with E-state index >= 15 is 0 Å². The molecule has 0 rings (SSSR count). The zero-order chi connectivity index (χ0) is 43.7. The normalized spacial score (nSPS) is 12.5. The lowest BCUT2D eigenvalue weighted by Gasteiger charge is -2.18. The molecular weight excluding hydrogens is 745 g/mol. The van der Waals surface area contributed by atoms with Gasteiger partial charge in [-0.1, -0.05) is 191 Å². The second-order valence-corrected chi connectivity index (χ2v) is 16.7. The molecular formula is C54H94O6. The molecule has 0 bridgehead atoms. The molecule has 0 spiro atoms. The van der Waals surface area contributed by atoms with Crippen molar-refractivity contribution in [3.8, 4) is 0 Å². The van der Waals surface area contributed by atoms with Crippen LogP contribution in [0.2, 0.25) is 0 Å². The Kier molecular flexibility index (Phi) is 46.4. The highest BCUT2D eigenvalue weighted by Gasteiger charge is 2.19. The maximum atomic E-state index is 12.7. The predicted octanol–water partition coefficient (Wildman–Crippen LogP) is 16.5. The third-order valence-electron chi connectivity index (χ3n) is 10.7. The van der Waals surface area contributed by atoms with Crippen LogP contribution in [0.3, 0.4) is 0 Å². The van der Waals surface area contributed by atoms with Gasteiger partial charge >= 0.3 is 17.9 Å². The molecule has 0 aliphatic heterocycles. The minimum atomic E-state index is -0.796. The van der Waals surface area contributed by atoms with Gasteiger partial charge in [0.1, 0.15) is 13.2 Å². The molecule has 0 heterocycles. The van der Waals surface area contributed by atoms with Gasteiger partial charge in [0.25, 0.3) is 0 Å². The van der Waals surface area contributed by atoms with Crippen LogP contribution in [0.4, 0.5) is 0 Å². The SMILES string of the molecule is CC/C=C\C/C=C\C/C=C\CCCCCCC(=O)OC(COC(=O)CCC/C=C\CCCCCC)COC(=O)CCCCCCCCC/C=C\CCCCCCCCCC. The van der Waals surface area contributed by atoms with Gasteiger partial charge in [-0.25, -0.2) is 0 Å². The molecule has 346 valence electrons. The smallest absolute Gasteiger partial charge is 0.306 e. The number of carbonyl (C=O) groups is 3. The fourth-order valence-corrected chi connectivity index (χ4v) is 6.92. The number of hydrogen-bond donors (Lipinski definition) is 0. The van der Waals surface area contributed by atoms with E-state index in [0.29, 0.717) is 25.7 Å². The summed E-state index contributed by atoms with van der Waals surface area (Å²) in [5.41, 5.74) is 0. The van der Waals surface area contributed by atoms with Gasteiger partial charge in [0.15, 0.2) is 6.10 Å². The van der Waals surface area contributed by atoms with E-state index < -0.39 is 6.10 Å². The molecule has 0 radical (unpaired) electrons. The molecule has 0 saturated heterocycles. The van der Waals surface area contributed by atoms with E-state index in [0.717, 1.165) is 83.5 Å². The maximum Gasteiger partial charge on any atom is 0.306 e. The van der Waals surface area contributed by atoms with Crippen LogP contribution in [0.15, 0.2) is 60.8 Å². The molecule has 0 aliphatic rings. The highest BCUT2D eigenvalue weighted by atomic mass is 16.6. The summed E-state index contributed by atoms with van der Waals surface area (Å²) >= 11 is 0. The van der Waals surface area contributed by atoms with E-state index in [4.69, 9.17) is 14.2 Å². The standard InChI is InChI=1S/C54H94O6/c1-4-7-10-13-16-19-21-23-25-26-27-28-29-31-32-35-38-41-44-47-53(56)59-50-51(49-58-52(55)46-43-40-37-34-18-15-12-9-6-3)60-54(57)48-45-42-39-36-33-30-24-22-20-17-14-11-8-5-2/h8,11,17,20,24,26-27,30,34,37,51H,4-7,9-10,12-16,18-19,21-23,25,28-29,31-33,35-36,38-50H2,1-3H3/b11-8-,20-17-,27-26-,30-24-,37-34-. The molecule has 0 aliphatic carbocycles. The number of unbranched alkanes of at least 4 members (excludes halogenated alkanes) is 24. The predicted molar refractivity (Wildman–Crippen MR) is 256 cm³/mol. The van der Waals surface area contributed by atoms with Crippen molar-refractivity contribution >= 4 is 17.9 Å². The van der Waals surface area contributed by atoms with Crippen LogP contribution in [0, 0.1) is 0 Å². The summed E-state index contributed by atoms with van der Waals surface area (Å²) in [6.45, 7) is 6.44. The summed E-state index contributed by atoms with van der Waals surface area (Å²) in [6, 6.07) is 0. The van der Waals surface area contributed by atoms with E-state index in [9.17, 15) is 14.4 Å². The zero-order valence-electron chi connectivity index (χ0n) is 39.5. The van der Waals surface area contributed by atoms with E-state index in [1.54, 1.807) is 0 Å². The third kappa shape index (κ3) is 46.2. The van der Waals surface area contributed by atoms with Crippen LogP contribution >= 0.6 is 0 Å². The third-order valence-corrected chi connectivity index (χ3v) is 10.7. The molecule has 6 nitrogen and oxygen atoms in total. The van der Waals surface area contributed by atoms with Gasteiger partial charge in [-0.3, -0.25) is 14.4 Å². The number of esters is 3. The zero-order valence-corrected chi connectivity index (χ0v) is 39.5. The molecule has 1 unspecified atom stereocenters. The Labute approximate surface area is 370 Å². The van der Waals surface area contributed by atoms with E-state index in [1.165, 1.54) is 116 Å². The molecule has 0 aromatic carbocycles. The Hall–Kier alpha value is -2.89. The first-order valence-corrected chi connectivity index (χ1v) is 25.3. The van der Waals surface area contributed by atoms with Gasteiger partial charge in [-0.2, -0.15) is 0 Å². The van der Waals surface area contributed by atoms with Crippen LogP contribution in [-0.4, -0.2) is 37.2 Å². The fourth-order valence-electron chi connectivity index (χ4n) is 6.92.